The SMILES string of the molecule is CCN[C@H](C)CNC(=O)C(CC(C)C)NC(=O)c1ccccc1C.Cl. The van der Waals surface area contributed by atoms with Crippen molar-refractivity contribution >= 4 is 24.2 Å². The Bertz CT molecular complexity index is 549. The lowest BCUT2D eigenvalue weighted by molar-refractivity contribution is -0.123. The summed E-state index contributed by atoms with van der Waals surface area (Å²) in [6.07, 6.45) is 0.610. The molecule has 1 rings (SSSR count). The van der Waals surface area contributed by atoms with Crippen molar-refractivity contribution < 1.29 is 9.59 Å². The number of halogens is 1. The van der Waals surface area contributed by atoms with Gasteiger partial charge in [0, 0.05) is 18.2 Å². The minimum Gasteiger partial charge on any atom is -0.353 e. The van der Waals surface area contributed by atoms with Gasteiger partial charge in [-0.25, -0.2) is 0 Å². The normalized spacial score (nSPS) is 12.9. The van der Waals surface area contributed by atoms with Crippen molar-refractivity contribution in [2.75, 3.05) is 13.1 Å². The molecule has 0 aliphatic rings. The van der Waals surface area contributed by atoms with Gasteiger partial charge in [0.05, 0.1) is 0 Å². The van der Waals surface area contributed by atoms with E-state index in [4.69, 9.17) is 0 Å². The van der Waals surface area contributed by atoms with Crippen LogP contribution in [0.15, 0.2) is 24.3 Å². The van der Waals surface area contributed by atoms with Crippen LogP contribution in [0.25, 0.3) is 0 Å². The van der Waals surface area contributed by atoms with Gasteiger partial charge in [0.15, 0.2) is 0 Å². The second kappa shape index (κ2) is 11.9. The number of likely N-dealkylation sites (N-methyl/N-ethyl adjacent to an activating group) is 1. The smallest absolute Gasteiger partial charge is 0.252 e. The topological polar surface area (TPSA) is 70.2 Å². The Balaban J connectivity index is 0.00000576. The summed E-state index contributed by atoms with van der Waals surface area (Å²) in [7, 11) is 0. The second-order valence-electron chi connectivity index (χ2n) is 6.67. The highest BCUT2D eigenvalue weighted by Gasteiger charge is 2.23. The molecule has 0 bridgehead atoms. The molecule has 1 aromatic rings. The van der Waals surface area contributed by atoms with Crippen molar-refractivity contribution in [3.05, 3.63) is 35.4 Å². The van der Waals surface area contributed by atoms with E-state index in [0.717, 1.165) is 12.1 Å². The Morgan fingerprint density at radius 3 is 2.32 bits per heavy atom. The maximum absolute atomic E-state index is 12.5. The number of carbonyl (C=O) groups is 2. The molecule has 2 amide bonds. The first-order valence-corrected chi connectivity index (χ1v) is 8.72. The molecule has 1 aromatic carbocycles. The first-order valence-electron chi connectivity index (χ1n) is 8.72. The zero-order chi connectivity index (χ0) is 18.1. The maximum atomic E-state index is 12.5. The average Bonchev–Trinajstić information content (AvgIpc) is 2.52. The standard InChI is InChI=1S/C19H31N3O2.ClH/c1-6-20-15(5)12-21-19(24)17(11-13(2)3)22-18(23)16-10-8-7-9-14(16)4;/h7-10,13,15,17,20H,6,11-12H2,1-5H3,(H,21,24)(H,22,23);1H/t15-,17?;/m1./s1. The molecule has 0 fully saturated rings. The third kappa shape index (κ3) is 8.36. The molecule has 0 spiro atoms. The second-order valence-corrected chi connectivity index (χ2v) is 6.67. The number of nitrogens with one attached hydrogen (secondary N) is 3. The van der Waals surface area contributed by atoms with Gasteiger partial charge in [0.25, 0.3) is 5.91 Å². The van der Waals surface area contributed by atoms with Crippen molar-refractivity contribution in [1.29, 1.82) is 0 Å². The Morgan fingerprint density at radius 2 is 1.76 bits per heavy atom. The Hall–Kier alpha value is -1.59. The van der Waals surface area contributed by atoms with Gasteiger partial charge in [-0.1, -0.05) is 39.0 Å². The quantitative estimate of drug-likeness (QED) is 0.626. The maximum Gasteiger partial charge on any atom is 0.252 e. The van der Waals surface area contributed by atoms with E-state index < -0.39 is 6.04 Å². The fraction of sp³-hybridized carbons (Fsp3) is 0.579. The van der Waals surface area contributed by atoms with E-state index in [-0.39, 0.29) is 30.3 Å². The highest BCUT2D eigenvalue weighted by molar-refractivity contribution is 5.98. The van der Waals surface area contributed by atoms with E-state index in [0.29, 0.717) is 24.4 Å². The number of rotatable bonds is 9. The highest BCUT2D eigenvalue weighted by Crippen LogP contribution is 2.10. The van der Waals surface area contributed by atoms with E-state index in [1.54, 1.807) is 6.07 Å². The number of amides is 2. The highest BCUT2D eigenvalue weighted by atomic mass is 35.5. The summed E-state index contributed by atoms with van der Waals surface area (Å²) in [5.41, 5.74) is 1.51. The van der Waals surface area contributed by atoms with Crippen LogP contribution in [0.4, 0.5) is 0 Å². The summed E-state index contributed by atoms with van der Waals surface area (Å²) < 4.78 is 0. The monoisotopic (exact) mass is 369 g/mol. The van der Waals surface area contributed by atoms with Crippen LogP contribution in [0.2, 0.25) is 0 Å². The van der Waals surface area contributed by atoms with E-state index in [9.17, 15) is 9.59 Å². The lowest BCUT2D eigenvalue weighted by atomic mass is 10.0. The van der Waals surface area contributed by atoms with Crippen molar-refractivity contribution in [1.82, 2.24) is 16.0 Å². The van der Waals surface area contributed by atoms with Crippen LogP contribution in [0.3, 0.4) is 0 Å². The molecule has 0 saturated heterocycles. The molecule has 0 heterocycles. The number of hydrogen-bond acceptors (Lipinski definition) is 3. The molecule has 25 heavy (non-hydrogen) atoms. The molecular weight excluding hydrogens is 338 g/mol. The summed E-state index contributed by atoms with van der Waals surface area (Å²) in [6.45, 7) is 11.4. The minimum atomic E-state index is -0.522. The van der Waals surface area contributed by atoms with E-state index >= 15 is 0 Å². The molecule has 142 valence electrons. The molecule has 0 aliphatic heterocycles. The van der Waals surface area contributed by atoms with Crippen LogP contribution in [0.5, 0.6) is 0 Å². The van der Waals surface area contributed by atoms with Gasteiger partial charge >= 0.3 is 0 Å². The first-order chi connectivity index (χ1) is 11.3. The number of carbonyl (C=O) groups excluding carboxylic acids is 2. The third-order valence-corrected chi connectivity index (χ3v) is 3.85. The van der Waals surface area contributed by atoms with Gasteiger partial charge in [0.1, 0.15) is 6.04 Å². The fourth-order valence-electron chi connectivity index (χ4n) is 2.56. The van der Waals surface area contributed by atoms with Crippen LogP contribution in [-0.4, -0.2) is 37.0 Å². The molecule has 5 nitrogen and oxygen atoms in total. The van der Waals surface area contributed by atoms with Gasteiger partial charge in [-0.05, 0) is 44.4 Å². The average molecular weight is 370 g/mol. The lowest BCUT2D eigenvalue weighted by Gasteiger charge is -2.22. The van der Waals surface area contributed by atoms with Crippen LogP contribution >= 0.6 is 12.4 Å². The van der Waals surface area contributed by atoms with Crippen LogP contribution < -0.4 is 16.0 Å². The van der Waals surface area contributed by atoms with Gasteiger partial charge in [-0.3, -0.25) is 9.59 Å². The van der Waals surface area contributed by atoms with Crippen molar-refractivity contribution in [2.24, 2.45) is 5.92 Å². The molecule has 0 radical (unpaired) electrons. The van der Waals surface area contributed by atoms with Crippen LogP contribution in [-0.2, 0) is 4.79 Å². The molecule has 3 N–H and O–H groups in total. The zero-order valence-corrected chi connectivity index (χ0v) is 16.7. The molecule has 6 heteroatoms. The number of benzene rings is 1. The van der Waals surface area contributed by atoms with E-state index in [1.807, 2.05) is 52.8 Å². The zero-order valence-electron chi connectivity index (χ0n) is 15.9. The summed E-state index contributed by atoms with van der Waals surface area (Å²) in [4.78, 5) is 25.0. The van der Waals surface area contributed by atoms with Crippen molar-refractivity contribution in [2.45, 2.75) is 53.1 Å². The van der Waals surface area contributed by atoms with E-state index in [1.165, 1.54) is 0 Å². The summed E-state index contributed by atoms with van der Waals surface area (Å²) in [6, 6.07) is 7.08. The molecule has 2 atom stereocenters. The summed E-state index contributed by atoms with van der Waals surface area (Å²) in [5, 5.41) is 9.07. The Labute approximate surface area is 157 Å². The Kier molecular flexibility index (Phi) is 11.1. The van der Waals surface area contributed by atoms with E-state index in [2.05, 4.69) is 16.0 Å². The number of aryl methyl sites for hydroxylation is 1. The van der Waals surface area contributed by atoms with Crippen molar-refractivity contribution in [3.63, 3.8) is 0 Å². The lowest BCUT2D eigenvalue weighted by Crippen LogP contribution is -2.50. The largest absolute Gasteiger partial charge is 0.353 e. The third-order valence-electron chi connectivity index (χ3n) is 3.85. The number of hydrogen-bond donors (Lipinski definition) is 3. The predicted molar refractivity (Wildman–Crippen MR) is 105 cm³/mol. The minimum absolute atomic E-state index is 0. The van der Waals surface area contributed by atoms with Crippen molar-refractivity contribution in [3.8, 4) is 0 Å². The molecule has 1 unspecified atom stereocenters. The first kappa shape index (κ1) is 23.4. The molecule has 0 aromatic heterocycles. The molecule has 0 aliphatic carbocycles. The predicted octanol–water partition coefficient (Wildman–Crippen LogP) is 2.68. The van der Waals surface area contributed by atoms with Gasteiger partial charge < -0.3 is 16.0 Å². The molecule has 0 saturated carbocycles. The van der Waals surface area contributed by atoms with Gasteiger partial charge in [-0.15, -0.1) is 12.4 Å². The summed E-state index contributed by atoms with van der Waals surface area (Å²) in [5.74, 6) is -0.0203. The van der Waals surface area contributed by atoms with Crippen LogP contribution in [0, 0.1) is 12.8 Å². The van der Waals surface area contributed by atoms with Crippen LogP contribution in [0.1, 0.15) is 50.0 Å². The van der Waals surface area contributed by atoms with Gasteiger partial charge in [0.2, 0.25) is 5.91 Å². The Morgan fingerprint density at radius 1 is 1.12 bits per heavy atom. The fourth-order valence-corrected chi connectivity index (χ4v) is 2.56. The van der Waals surface area contributed by atoms with Gasteiger partial charge in [-0.2, -0.15) is 0 Å². The summed E-state index contributed by atoms with van der Waals surface area (Å²) >= 11 is 0. The molecular formula is C19H32ClN3O2.